The third kappa shape index (κ3) is 1.43. The molecular formula is C8H14N2. The van der Waals surface area contributed by atoms with Crippen molar-refractivity contribution in [3.8, 4) is 0 Å². The summed E-state index contributed by atoms with van der Waals surface area (Å²) < 4.78 is 0. The van der Waals surface area contributed by atoms with Crippen LogP contribution in [0.15, 0.2) is 22.5 Å². The van der Waals surface area contributed by atoms with Crippen molar-refractivity contribution >= 4 is 0 Å². The monoisotopic (exact) mass is 138 g/mol. The van der Waals surface area contributed by atoms with E-state index in [1.807, 2.05) is 0 Å². The molecule has 2 unspecified atom stereocenters. The van der Waals surface area contributed by atoms with Crippen LogP contribution in [0, 0.1) is 11.8 Å². The van der Waals surface area contributed by atoms with E-state index in [9.17, 15) is 0 Å². The molecule has 0 N–H and O–H groups in total. The normalized spacial score (nSPS) is 31.6. The maximum absolute atomic E-state index is 4.07. The highest BCUT2D eigenvalue weighted by Crippen LogP contribution is 2.22. The summed E-state index contributed by atoms with van der Waals surface area (Å²) in [5, 5.41) is 7.91. The van der Waals surface area contributed by atoms with E-state index in [-0.39, 0.29) is 0 Å². The first kappa shape index (κ1) is 7.45. The molecule has 0 saturated carbocycles. The fraction of sp³-hybridized carbons (Fsp3) is 0.750. The van der Waals surface area contributed by atoms with E-state index in [0.717, 1.165) is 0 Å². The lowest BCUT2D eigenvalue weighted by Crippen LogP contribution is -2.19. The molecule has 2 heteroatoms. The van der Waals surface area contributed by atoms with Gasteiger partial charge in [-0.05, 0) is 12.8 Å². The Morgan fingerprint density at radius 3 is 2.50 bits per heavy atom. The van der Waals surface area contributed by atoms with Crippen molar-refractivity contribution in [2.24, 2.45) is 22.1 Å². The molecule has 0 aliphatic carbocycles. The summed E-state index contributed by atoms with van der Waals surface area (Å²) in [6, 6.07) is 0.366. The van der Waals surface area contributed by atoms with Gasteiger partial charge in [-0.1, -0.05) is 19.9 Å². The summed E-state index contributed by atoms with van der Waals surface area (Å²) in [5.74, 6) is 1.25. The van der Waals surface area contributed by atoms with E-state index >= 15 is 0 Å². The minimum Gasteiger partial charge on any atom is -0.186 e. The van der Waals surface area contributed by atoms with Gasteiger partial charge in [0.25, 0.3) is 0 Å². The van der Waals surface area contributed by atoms with Crippen LogP contribution >= 0.6 is 0 Å². The van der Waals surface area contributed by atoms with Crippen molar-refractivity contribution in [2.75, 3.05) is 0 Å². The fourth-order valence-corrected chi connectivity index (χ4v) is 1.30. The zero-order valence-corrected chi connectivity index (χ0v) is 6.78. The Morgan fingerprint density at radius 2 is 2.10 bits per heavy atom. The number of hydrogen-bond acceptors (Lipinski definition) is 2. The van der Waals surface area contributed by atoms with Gasteiger partial charge in [-0.3, -0.25) is 0 Å². The molecule has 0 fully saturated rings. The highest BCUT2D eigenvalue weighted by atomic mass is 15.1. The largest absolute Gasteiger partial charge is 0.186 e. The molecular weight excluding hydrogens is 124 g/mol. The molecule has 1 heterocycles. The van der Waals surface area contributed by atoms with Gasteiger partial charge in [-0.25, -0.2) is 0 Å². The SMILES string of the molecule is CC(C)C1C=CN=NC1C. The van der Waals surface area contributed by atoms with Gasteiger partial charge in [0.15, 0.2) is 0 Å². The molecule has 1 rings (SSSR count). The van der Waals surface area contributed by atoms with Crippen LogP contribution in [0.1, 0.15) is 20.8 Å². The second kappa shape index (κ2) is 2.95. The van der Waals surface area contributed by atoms with Crippen LogP contribution < -0.4 is 0 Å². The molecule has 0 bridgehead atoms. The maximum atomic E-state index is 4.07. The lowest BCUT2D eigenvalue weighted by molar-refractivity contribution is 0.388. The zero-order valence-electron chi connectivity index (χ0n) is 6.78. The van der Waals surface area contributed by atoms with Gasteiger partial charge in [0.2, 0.25) is 0 Å². The average Bonchev–Trinajstić information content (AvgIpc) is 1.88. The van der Waals surface area contributed by atoms with Crippen LogP contribution in [0.2, 0.25) is 0 Å². The topological polar surface area (TPSA) is 24.7 Å². The molecule has 2 nitrogen and oxygen atoms in total. The number of rotatable bonds is 1. The van der Waals surface area contributed by atoms with E-state index in [1.54, 1.807) is 6.20 Å². The van der Waals surface area contributed by atoms with Crippen LogP contribution in [0.3, 0.4) is 0 Å². The van der Waals surface area contributed by atoms with Crippen molar-refractivity contribution in [1.29, 1.82) is 0 Å². The van der Waals surface area contributed by atoms with Crippen LogP contribution in [0.25, 0.3) is 0 Å². The van der Waals surface area contributed by atoms with Crippen LogP contribution in [-0.2, 0) is 0 Å². The molecule has 0 amide bonds. The second-order valence-corrected chi connectivity index (χ2v) is 3.13. The second-order valence-electron chi connectivity index (χ2n) is 3.13. The summed E-state index contributed by atoms with van der Waals surface area (Å²) in [7, 11) is 0. The molecule has 10 heavy (non-hydrogen) atoms. The van der Waals surface area contributed by atoms with Crippen LogP contribution in [0.5, 0.6) is 0 Å². The van der Waals surface area contributed by atoms with E-state index < -0.39 is 0 Å². The van der Waals surface area contributed by atoms with E-state index in [1.165, 1.54) is 0 Å². The Hall–Kier alpha value is -0.660. The molecule has 0 saturated heterocycles. The van der Waals surface area contributed by atoms with Crippen molar-refractivity contribution in [3.05, 3.63) is 12.3 Å². The third-order valence-corrected chi connectivity index (χ3v) is 1.95. The summed E-state index contributed by atoms with van der Waals surface area (Å²) >= 11 is 0. The highest BCUT2D eigenvalue weighted by Gasteiger charge is 2.18. The third-order valence-electron chi connectivity index (χ3n) is 1.95. The van der Waals surface area contributed by atoms with E-state index in [4.69, 9.17) is 0 Å². The first-order chi connectivity index (χ1) is 4.72. The Morgan fingerprint density at radius 1 is 1.40 bits per heavy atom. The molecule has 56 valence electrons. The minimum absolute atomic E-state index is 0.366. The standard InChI is InChI=1S/C8H14N2/c1-6(2)8-4-5-9-10-7(8)3/h4-8H,1-3H3. The van der Waals surface area contributed by atoms with Crippen molar-refractivity contribution < 1.29 is 0 Å². The zero-order chi connectivity index (χ0) is 7.56. The first-order valence-corrected chi connectivity index (χ1v) is 3.78. The lowest BCUT2D eigenvalue weighted by Gasteiger charge is -2.21. The molecule has 0 spiro atoms. The molecule has 0 aromatic heterocycles. The maximum Gasteiger partial charge on any atom is 0.0750 e. The van der Waals surface area contributed by atoms with E-state index in [0.29, 0.717) is 17.9 Å². The van der Waals surface area contributed by atoms with Gasteiger partial charge in [0.05, 0.1) is 6.04 Å². The Labute approximate surface area is 62.0 Å². The number of nitrogens with zero attached hydrogens (tertiary/aromatic N) is 2. The van der Waals surface area contributed by atoms with Gasteiger partial charge < -0.3 is 0 Å². The lowest BCUT2D eigenvalue weighted by atomic mass is 9.89. The predicted molar refractivity (Wildman–Crippen MR) is 41.8 cm³/mol. The average molecular weight is 138 g/mol. The van der Waals surface area contributed by atoms with Gasteiger partial charge >= 0.3 is 0 Å². The summed E-state index contributed by atoms with van der Waals surface area (Å²) in [5.41, 5.74) is 0. The summed E-state index contributed by atoms with van der Waals surface area (Å²) in [4.78, 5) is 0. The highest BCUT2D eigenvalue weighted by molar-refractivity contribution is 4.96. The molecule has 1 aliphatic heterocycles. The van der Waals surface area contributed by atoms with Crippen molar-refractivity contribution in [3.63, 3.8) is 0 Å². The molecule has 1 aliphatic rings. The molecule has 0 aromatic rings. The number of azo groups is 1. The Kier molecular flexibility index (Phi) is 2.20. The Bertz CT molecular complexity index is 159. The van der Waals surface area contributed by atoms with E-state index in [2.05, 4.69) is 37.1 Å². The predicted octanol–water partition coefficient (Wildman–Crippen LogP) is 2.63. The van der Waals surface area contributed by atoms with Crippen molar-refractivity contribution in [2.45, 2.75) is 26.8 Å². The van der Waals surface area contributed by atoms with Gasteiger partial charge in [0, 0.05) is 12.1 Å². The smallest absolute Gasteiger partial charge is 0.0750 e. The number of hydrogen-bond donors (Lipinski definition) is 0. The first-order valence-electron chi connectivity index (χ1n) is 3.78. The minimum atomic E-state index is 0.366. The van der Waals surface area contributed by atoms with Crippen molar-refractivity contribution in [1.82, 2.24) is 0 Å². The van der Waals surface area contributed by atoms with Crippen LogP contribution in [0.4, 0.5) is 0 Å². The molecule has 0 aromatic carbocycles. The summed E-state index contributed by atoms with van der Waals surface area (Å²) in [6.45, 7) is 6.54. The molecule has 0 radical (unpaired) electrons. The van der Waals surface area contributed by atoms with Gasteiger partial charge in [-0.15, -0.1) is 0 Å². The Balaban J connectivity index is 2.61. The van der Waals surface area contributed by atoms with Gasteiger partial charge in [0.1, 0.15) is 0 Å². The molecule has 2 atom stereocenters. The summed E-state index contributed by atoms with van der Waals surface area (Å²) in [6.07, 6.45) is 3.94. The quantitative estimate of drug-likeness (QED) is 0.532. The van der Waals surface area contributed by atoms with Gasteiger partial charge in [-0.2, -0.15) is 10.2 Å². The fourth-order valence-electron chi connectivity index (χ4n) is 1.30. The van der Waals surface area contributed by atoms with Crippen LogP contribution in [-0.4, -0.2) is 6.04 Å².